The molecule has 0 saturated carbocycles. The number of amides is 1. The summed E-state index contributed by atoms with van der Waals surface area (Å²) >= 11 is 0. The Morgan fingerprint density at radius 2 is 1.81 bits per heavy atom. The molecule has 0 spiro atoms. The van der Waals surface area contributed by atoms with E-state index in [0.29, 0.717) is 13.2 Å². The molecular weight excluding hydrogens is 356 g/mol. The second kappa shape index (κ2) is 12.7. The number of carboxylic acids is 2. The number of para-hydroxylation sites is 1. The highest BCUT2D eigenvalue weighted by molar-refractivity contribution is 6.26. The zero-order chi connectivity index (χ0) is 20.1. The molecule has 1 aliphatic heterocycles. The van der Waals surface area contributed by atoms with Gasteiger partial charge in [-0.05, 0) is 25.3 Å². The van der Waals surface area contributed by atoms with Gasteiger partial charge in [0.2, 0.25) is 0 Å². The van der Waals surface area contributed by atoms with Crippen LogP contribution in [0.5, 0.6) is 0 Å². The fourth-order valence-electron chi connectivity index (χ4n) is 2.66. The molecule has 0 aliphatic carbocycles. The Labute approximate surface area is 157 Å². The molecule has 3 N–H and O–H groups in total. The van der Waals surface area contributed by atoms with Gasteiger partial charge in [0, 0.05) is 18.4 Å². The lowest BCUT2D eigenvalue weighted by Crippen LogP contribution is -3.13. The number of carbonyl (C=O) groups excluding carboxylic acids is 2. The average Bonchev–Trinajstić information content (AvgIpc) is 2.65. The summed E-state index contributed by atoms with van der Waals surface area (Å²) in [5, 5.41) is 19.1. The summed E-state index contributed by atoms with van der Waals surface area (Å²) in [5.41, 5.74) is 1.69. The van der Waals surface area contributed by atoms with E-state index in [-0.39, 0.29) is 0 Å². The fourth-order valence-corrected chi connectivity index (χ4v) is 2.66. The first-order valence-electron chi connectivity index (χ1n) is 8.72. The van der Waals surface area contributed by atoms with Crippen LogP contribution in [-0.2, 0) is 25.7 Å². The molecule has 1 aliphatic rings. The zero-order valence-electron chi connectivity index (χ0n) is 15.4. The van der Waals surface area contributed by atoms with Crippen molar-refractivity contribution in [3.8, 4) is 0 Å². The van der Waals surface area contributed by atoms with Gasteiger partial charge in [0.15, 0.2) is 5.97 Å². The van der Waals surface area contributed by atoms with Gasteiger partial charge in [-0.3, -0.25) is 5.32 Å². The van der Waals surface area contributed by atoms with E-state index in [1.807, 2.05) is 24.3 Å². The summed E-state index contributed by atoms with van der Waals surface area (Å²) in [5.74, 6) is -4.01. The number of likely N-dealkylation sites (tertiary alicyclic amines) is 1. The highest BCUT2D eigenvalue weighted by Gasteiger charge is 2.14. The van der Waals surface area contributed by atoms with E-state index in [2.05, 4.69) is 5.32 Å². The van der Waals surface area contributed by atoms with E-state index in [1.165, 1.54) is 37.3 Å². The molecule has 1 fully saturated rings. The number of ether oxygens (including phenoxy) is 2. The number of piperidine rings is 1. The highest BCUT2D eigenvalue weighted by atomic mass is 16.5. The average molecular weight is 382 g/mol. The zero-order valence-corrected chi connectivity index (χ0v) is 15.4. The first-order valence-corrected chi connectivity index (χ1v) is 8.72. The summed E-state index contributed by atoms with van der Waals surface area (Å²) in [6.07, 6.45) is 3.51. The van der Waals surface area contributed by atoms with Gasteiger partial charge in [-0.25, -0.2) is 9.59 Å². The number of aliphatic carboxylic acids is 2. The van der Waals surface area contributed by atoms with Gasteiger partial charge in [-0.15, -0.1) is 0 Å². The molecule has 0 atom stereocenters. The Hall–Kier alpha value is -2.65. The fraction of sp³-hybridized carbons (Fsp3) is 0.500. The minimum absolute atomic E-state index is 0.394. The van der Waals surface area contributed by atoms with Gasteiger partial charge >= 0.3 is 12.1 Å². The van der Waals surface area contributed by atoms with Crippen LogP contribution in [-0.4, -0.2) is 56.5 Å². The molecule has 9 nitrogen and oxygen atoms in total. The number of nitrogens with one attached hydrogen (secondary N) is 2. The van der Waals surface area contributed by atoms with Gasteiger partial charge in [-0.1, -0.05) is 18.2 Å². The summed E-state index contributed by atoms with van der Waals surface area (Å²) in [6.45, 7) is 4.22. The van der Waals surface area contributed by atoms with E-state index in [0.717, 1.165) is 17.8 Å². The monoisotopic (exact) mass is 382 g/mol. The van der Waals surface area contributed by atoms with Crippen molar-refractivity contribution in [2.24, 2.45) is 0 Å². The smallest absolute Gasteiger partial charge is 0.411 e. The molecule has 1 aromatic rings. The van der Waals surface area contributed by atoms with Crippen molar-refractivity contribution in [2.75, 3.05) is 38.7 Å². The largest absolute Gasteiger partial charge is 0.539 e. The lowest BCUT2D eigenvalue weighted by molar-refractivity contribution is -0.905. The van der Waals surface area contributed by atoms with Crippen molar-refractivity contribution < 1.29 is 39.0 Å². The van der Waals surface area contributed by atoms with Crippen LogP contribution in [0.4, 0.5) is 10.5 Å². The predicted molar refractivity (Wildman–Crippen MR) is 94.2 cm³/mol. The van der Waals surface area contributed by atoms with E-state index in [1.54, 1.807) is 7.11 Å². The van der Waals surface area contributed by atoms with Crippen molar-refractivity contribution in [1.29, 1.82) is 0 Å². The molecule has 0 radical (unpaired) electrons. The van der Waals surface area contributed by atoms with Crippen molar-refractivity contribution in [2.45, 2.75) is 25.9 Å². The van der Waals surface area contributed by atoms with Crippen LogP contribution in [0, 0.1) is 0 Å². The molecule has 1 amide bonds. The predicted octanol–water partition coefficient (Wildman–Crippen LogP) is -0.729. The summed E-state index contributed by atoms with van der Waals surface area (Å²) in [7, 11) is 1.64. The van der Waals surface area contributed by atoms with Crippen molar-refractivity contribution in [1.82, 2.24) is 0 Å². The summed E-state index contributed by atoms with van der Waals surface area (Å²) in [6, 6.07) is 7.58. The second-order valence-electron chi connectivity index (χ2n) is 6.00. The Morgan fingerprint density at radius 3 is 2.41 bits per heavy atom. The lowest BCUT2D eigenvalue weighted by atomic mass is 10.1. The number of hydrogen-bond acceptors (Lipinski definition) is 6. The Balaban J connectivity index is 0.000000527. The van der Waals surface area contributed by atoms with Gasteiger partial charge in [-0.2, -0.15) is 0 Å². The van der Waals surface area contributed by atoms with Crippen molar-refractivity contribution >= 4 is 23.7 Å². The van der Waals surface area contributed by atoms with E-state index in [4.69, 9.17) is 29.3 Å². The lowest BCUT2D eigenvalue weighted by Gasteiger charge is -2.23. The highest BCUT2D eigenvalue weighted by Crippen LogP contribution is 2.15. The Bertz CT molecular complexity index is 603. The summed E-state index contributed by atoms with van der Waals surface area (Å²) < 4.78 is 10.4. The number of carbonyl (C=O) groups is 3. The number of rotatable bonds is 6. The number of quaternary nitrogens is 1. The summed E-state index contributed by atoms with van der Waals surface area (Å²) in [4.78, 5) is 31.4. The molecule has 9 heteroatoms. The topological polar surface area (TPSA) is 129 Å². The van der Waals surface area contributed by atoms with Gasteiger partial charge in [0.25, 0.3) is 0 Å². The van der Waals surface area contributed by atoms with Crippen LogP contribution in [0.3, 0.4) is 0 Å². The van der Waals surface area contributed by atoms with Gasteiger partial charge < -0.3 is 29.4 Å². The number of methoxy groups -OCH3 is 1. The molecule has 150 valence electrons. The maximum Gasteiger partial charge on any atom is 0.411 e. The third kappa shape index (κ3) is 9.57. The molecule has 2 rings (SSSR count). The van der Waals surface area contributed by atoms with Gasteiger partial charge in [0.1, 0.15) is 13.2 Å². The molecule has 0 aromatic heterocycles. The molecule has 0 bridgehead atoms. The standard InChI is InChI=1S/C16H24N2O3.C2H2O4/c1-20-13-14-7-3-4-8-15(14)17-16(19)21-12-11-18-9-5-2-6-10-18;3-1(4)2(5)6/h3-4,7-8H,2,5-6,9-13H2,1H3,(H,17,19);(H,3,4)(H,5,6). The quantitative estimate of drug-likeness (QED) is 0.553. The van der Waals surface area contributed by atoms with Crippen LogP contribution in [0.2, 0.25) is 0 Å². The molecule has 27 heavy (non-hydrogen) atoms. The first kappa shape index (κ1) is 22.4. The van der Waals surface area contributed by atoms with Crippen LogP contribution >= 0.6 is 0 Å². The third-order valence-corrected chi connectivity index (χ3v) is 3.98. The SMILES string of the molecule is COCc1ccccc1NC(=O)OCC[NH+]1CCCCC1.O=C([O-])C(=O)O. The van der Waals surface area contributed by atoms with Gasteiger partial charge in [0.05, 0.1) is 19.7 Å². The van der Waals surface area contributed by atoms with Crippen LogP contribution in [0.15, 0.2) is 24.3 Å². The molecular formula is C18H26N2O7. The first-order chi connectivity index (χ1) is 12.9. The number of carboxylic acid groups (broad SMARTS) is 2. The number of anilines is 1. The molecule has 1 saturated heterocycles. The molecule has 1 heterocycles. The van der Waals surface area contributed by atoms with Crippen LogP contribution < -0.4 is 15.3 Å². The minimum Gasteiger partial charge on any atom is -0.539 e. The van der Waals surface area contributed by atoms with Crippen molar-refractivity contribution in [3.63, 3.8) is 0 Å². The number of benzene rings is 1. The Kier molecular flexibility index (Phi) is 10.5. The second-order valence-corrected chi connectivity index (χ2v) is 6.00. The number of hydrogen-bond donors (Lipinski definition) is 3. The van der Waals surface area contributed by atoms with E-state index < -0.39 is 18.0 Å². The molecule has 0 unspecified atom stereocenters. The minimum atomic E-state index is -2.07. The normalized spacial score (nSPS) is 13.8. The molecule has 1 aromatic carbocycles. The Morgan fingerprint density at radius 1 is 1.19 bits per heavy atom. The third-order valence-electron chi connectivity index (χ3n) is 3.98. The van der Waals surface area contributed by atoms with Crippen LogP contribution in [0.1, 0.15) is 24.8 Å². The van der Waals surface area contributed by atoms with E-state index >= 15 is 0 Å². The van der Waals surface area contributed by atoms with Crippen molar-refractivity contribution in [3.05, 3.63) is 29.8 Å². The van der Waals surface area contributed by atoms with Crippen LogP contribution in [0.25, 0.3) is 0 Å². The maximum atomic E-state index is 11.8. The van der Waals surface area contributed by atoms with E-state index in [9.17, 15) is 4.79 Å². The maximum absolute atomic E-state index is 11.8.